The number of nitrogens with one attached hydrogen (secondary N) is 1. The van der Waals surface area contributed by atoms with Gasteiger partial charge in [-0.2, -0.15) is 11.3 Å². The molecule has 0 saturated heterocycles. The van der Waals surface area contributed by atoms with Gasteiger partial charge in [-0.15, -0.1) is 11.3 Å². The zero-order chi connectivity index (χ0) is 18.9. The van der Waals surface area contributed by atoms with E-state index in [1.54, 1.807) is 30.3 Å². The van der Waals surface area contributed by atoms with Gasteiger partial charge in [-0.25, -0.2) is 13.1 Å². The molecule has 0 radical (unpaired) electrons. The topological polar surface area (TPSA) is 63.2 Å². The molecule has 2 heterocycles. The minimum Gasteiger partial charge on any atom is -0.288 e. The van der Waals surface area contributed by atoms with Gasteiger partial charge in [0.25, 0.3) is 0 Å². The second-order valence-corrected chi connectivity index (χ2v) is 10.3. The first-order valence-corrected chi connectivity index (χ1v) is 12.0. The molecule has 0 aliphatic heterocycles. The highest BCUT2D eigenvalue weighted by molar-refractivity contribution is 7.89. The molecule has 2 aromatic heterocycles. The van der Waals surface area contributed by atoms with Crippen LogP contribution < -0.4 is 4.72 Å². The largest absolute Gasteiger partial charge is 0.288 e. The van der Waals surface area contributed by atoms with Crippen molar-refractivity contribution in [3.63, 3.8) is 0 Å². The van der Waals surface area contributed by atoms with Gasteiger partial charge in [0.1, 0.15) is 0 Å². The summed E-state index contributed by atoms with van der Waals surface area (Å²) in [7, 11) is -3.57. The van der Waals surface area contributed by atoms with Crippen LogP contribution in [-0.4, -0.2) is 14.2 Å². The minimum absolute atomic E-state index is 0.0231. The molecule has 0 saturated carbocycles. The Balaban J connectivity index is 1.46. The third kappa shape index (κ3) is 4.06. The Bertz CT molecular complexity index is 1070. The van der Waals surface area contributed by atoms with E-state index in [4.69, 9.17) is 0 Å². The van der Waals surface area contributed by atoms with Gasteiger partial charge in [-0.05, 0) is 72.5 Å². The summed E-state index contributed by atoms with van der Waals surface area (Å²) in [5.41, 5.74) is 3.07. The first-order chi connectivity index (χ1) is 13.0. The van der Waals surface area contributed by atoms with E-state index < -0.39 is 10.0 Å². The van der Waals surface area contributed by atoms with Gasteiger partial charge in [0.2, 0.25) is 15.8 Å². The molecule has 3 aromatic rings. The third-order valence-electron chi connectivity index (χ3n) is 4.74. The summed E-state index contributed by atoms with van der Waals surface area (Å²) in [6, 6.07) is 10.8. The van der Waals surface area contributed by atoms with Crippen LogP contribution >= 0.6 is 22.7 Å². The lowest BCUT2D eigenvalue weighted by Crippen LogP contribution is -2.23. The number of rotatable bonds is 6. The highest BCUT2D eigenvalue weighted by Crippen LogP contribution is 2.25. The molecule has 27 heavy (non-hydrogen) atoms. The van der Waals surface area contributed by atoms with Gasteiger partial charge >= 0.3 is 0 Å². The summed E-state index contributed by atoms with van der Waals surface area (Å²) in [5, 5.41) is 3.69. The predicted octanol–water partition coefficient (Wildman–Crippen LogP) is 4.40. The number of thiophene rings is 2. The molecule has 0 atom stereocenters. The number of hydrogen-bond donors (Lipinski definition) is 1. The quantitative estimate of drug-likeness (QED) is 0.605. The maximum atomic E-state index is 12.6. The third-order valence-corrected chi connectivity index (χ3v) is 7.90. The van der Waals surface area contributed by atoms with E-state index >= 15 is 0 Å². The average molecular weight is 418 g/mol. The summed E-state index contributed by atoms with van der Waals surface area (Å²) in [4.78, 5) is 14.1. The fourth-order valence-corrected chi connectivity index (χ4v) is 5.95. The molecule has 7 heteroatoms. The van der Waals surface area contributed by atoms with Crippen LogP contribution in [0, 0.1) is 0 Å². The average Bonchev–Trinajstić information content (AvgIpc) is 3.37. The highest BCUT2D eigenvalue weighted by atomic mass is 32.2. The SMILES string of the molecule is O=C(c1ccsc1)c1ccc(CNS(=O)(=O)c2ccc3c(c2)CCCC3)s1. The Labute approximate surface area is 166 Å². The fraction of sp³-hybridized carbons (Fsp3) is 0.250. The molecular weight excluding hydrogens is 398 g/mol. The smallest absolute Gasteiger partial charge is 0.240 e. The Hall–Kier alpha value is -1.80. The second kappa shape index (κ2) is 7.67. The molecule has 4 nitrogen and oxygen atoms in total. The molecule has 0 unspecified atom stereocenters. The van der Waals surface area contributed by atoms with E-state index in [1.165, 1.54) is 34.7 Å². The maximum absolute atomic E-state index is 12.6. The monoisotopic (exact) mass is 417 g/mol. The minimum atomic E-state index is -3.57. The standard InChI is InChI=1S/C20H19NO3S3/c22-20(16-9-10-25-13-16)19-8-6-17(26-19)12-21-27(23,24)18-7-5-14-3-1-2-4-15(14)11-18/h5-11,13,21H,1-4,12H2. The van der Waals surface area contributed by atoms with E-state index in [0.29, 0.717) is 15.3 Å². The Morgan fingerprint density at radius 2 is 1.85 bits per heavy atom. The molecule has 0 fully saturated rings. The fourth-order valence-electron chi connectivity index (χ4n) is 3.26. The van der Waals surface area contributed by atoms with E-state index in [1.807, 2.05) is 16.8 Å². The summed E-state index contributed by atoms with van der Waals surface area (Å²) in [5.74, 6) is -0.0231. The summed E-state index contributed by atoms with van der Waals surface area (Å²) in [6.07, 6.45) is 4.25. The van der Waals surface area contributed by atoms with Crippen molar-refractivity contribution in [1.29, 1.82) is 0 Å². The molecule has 4 rings (SSSR count). The van der Waals surface area contributed by atoms with Gasteiger partial charge in [0.15, 0.2) is 0 Å². The number of fused-ring (bicyclic) bond motifs is 1. The van der Waals surface area contributed by atoms with Gasteiger partial charge in [0, 0.05) is 22.4 Å². The highest BCUT2D eigenvalue weighted by Gasteiger charge is 2.18. The molecule has 1 N–H and O–H groups in total. The molecule has 0 amide bonds. The summed E-state index contributed by atoms with van der Waals surface area (Å²) >= 11 is 2.81. The van der Waals surface area contributed by atoms with Crippen molar-refractivity contribution in [3.05, 3.63) is 73.6 Å². The predicted molar refractivity (Wildman–Crippen MR) is 109 cm³/mol. The van der Waals surface area contributed by atoms with Crippen LogP contribution in [0.15, 0.2) is 52.1 Å². The van der Waals surface area contributed by atoms with Crippen LogP contribution in [0.1, 0.15) is 44.1 Å². The number of sulfonamides is 1. The molecule has 0 spiro atoms. The van der Waals surface area contributed by atoms with Gasteiger partial charge < -0.3 is 0 Å². The number of aryl methyl sites for hydroxylation is 2. The maximum Gasteiger partial charge on any atom is 0.240 e. The number of benzene rings is 1. The Morgan fingerprint density at radius 3 is 2.63 bits per heavy atom. The van der Waals surface area contributed by atoms with Crippen LogP contribution in [0.2, 0.25) is 0 Å². The lowest BCUT2D eigenvalue weighted by Gasteiger charge is -2.16. The Kier molecular flexibility index (Phi) is 5.27. The van der Waals surface area contributed by atoms with Crippen molar-refractivity contribution in [2.45, 2.75) is 37.1 Å². The lowest BCUT2D eigenvalue weighted by atomic mass is 9.92. The summed E-state index contributed by atoms with van der Waals surface area (Å²) in [6.45, 7) is 0.182. The van der Waals surface area contributed by atoms with Crippen LogP contribution in [0.4, 0.5) is 0 Å². The second-order valence-electron chi connectivity index (χ2n) is 6.57. The van der Waals surface area contributed by atoms with Gasteiger partial charge in [-0.1, -0.05) is 6.07 Å². The molecule has 1 aliphatic carbocycles. The first-order valence-electron chi connectivity index (χ1n) is 8.80. The van der Waals surface area contributed by atoms with E-state index in [2.05, 4.69) is 4.72 Å². The summed E-state index contributed by atoms with van der Waals surface area (Å²) < 4.78 is 28.0. The zero-order valence-electron chi connectivity index (χ0n) is 14.6. The van der Waals surface area contributed by atoms with E-state index in [9.17, 15) is 13.2 Å². The van der Waals surface area contributed by atoms with E-state index in [-0.39, 0.29) is 12.3 Å². The first kappa shape index (κ1) is 18.6. The van der Waals surface area contributed by atoms with Gasteiger partial charge in [0.05, 0.1) is 9.77 Å². The Morgan fingerprint density at radius 1 is 1.04 bits per heavy atom. The van der Waals surface area contributed by atoms with Crippen LogP contribution in [0.25, 0.3) is 0 Å². The lowest BCUT2D eigenvalue weighted by molar-refractivity contribution is 0.104. The number of carbonyl (C=O) groups excluding carboxylic acids is 1. The number of ketones is 1. The van der Waals surface area contributed by atoms with Crippen molar-refractivity contribution >= 4 is 38.5 Å². The number of hydrogen-bond acceptors (Lipinski definition) is 5. The van der Waals surface area contributed by atoms with Crippen LogP contribution in [0.3, 0.4) is 0 Å². The van der Waals surface area contributed by atoms with Crippen molar-refractivity contribution < 1.29 is 13.2 Å². The van der Waals surface area contributed by atoms with Crippen molar-refractivity contribution in [1.82, 2.24) is 4.72 Å². The molecule has 1 aromatic carbocycles. The number of carbonyl (C=O) groups is 1. The normalized spacial score (nSPS) is 14.1. The van der Waals surface area contributed by atoms with Crippen LogP contribution in [0.5, 0.6) is 0 Å². The molecular formula is C20H19NO3S3. The molecule has 0 bridgehead atoms. The van der Waals surface area contributed by atoms with Crippen molar-refractivity contribution in [3.8, 4) is 0 Å². The van der Waals surface area contributed by atoms with Crippen LogP contribution in [-0.2, 0) is 29.4 Å². The van der Waals surface area contributed by atoms with Gasteiger partial charge in [-0.3, -0.25) is 4.79 Å². The molecule has 140 valence electrons. The zero-order valence-corrected chi connectivity index (χ0v) is 17.1. The van der Waals surface area contributed by atoms with Crippen molar-refractivity contribution in [2.75, 3.05) is 0 Å². The van der Waals surface area contributed by atoms with E-state index in [0.717, 1.165) is 29.7 Å². The molecule has 1 aliphatic rings. The van der Waals surface area contributed by atoms with Crippen molar-refractivity contribution in [2.24, 2.45) is 0 Å².